The molecule has 0 fully saturated rings. The molecule has 3 aromatic rings. The van der Waals surface area contributed by atoms with Gasteiger partial charge in [0.1, 0.15) is 12.3 Å². The summed E-state index contributed by atoms with van der Waals surface area (Å²) >= 11 is 0. The highest BCUT2D eigenvalue weighted by molar-refractivity contribution is 6.06. The first kappa shape index (κ1) is 19.9. The van der Waals surface area contributed by atoms with Crippen molar-refractivity contribution in [3.05, 3.63) is 59.3 Å². The predicted octanol–water partition coefficient (Wildman–Crippen LogP) is 2.38. The molecule has 0 saturated carbocycles. The minimum atomic E-state index is -0.548. The number of nitrogens with two attached hydrogens (primary N) is 1. The molecule has 0 radical (unpaired) electrons. The van der Waals surface area contributed by atoms with Crippen molar-refractivity contribution in [3.63, 3.8) is 0 Å². The van der Waals surface area contributed by atoms with E-state index in [2.05, 4.69) is 20.9 Å². The molecule has 0 atom stereocenters. The van der Waals surface area contributed by atoms with Crippen molar-refractivity contribution in [1.29, 1.82) is 0 Å². The largest absolute Gasteiger partial charge is 0.495 e. The van der Waals surface area contributed by atoms with Crippen molar-refractivity contribution in [1.82, 2.24) is 15.0 Å². The van der Waals surface area contributed by atoms with Crippen molar-refractivity contribution in [3.8, 4) is 5.75 Å². The molecule has 150 valence electrons. The summed E-state index contributed by atoms with van der Waals surface area (Å²) in [6.07, 6.45) is 0. The summed E-state index contributed by atoms with van der Waals surface area (Å²) in [7, 11) is 1.50. The highest BCUT2D eigenvalue weighted by atomic mass is 16.5. The summed E-state index contributed by atoms with van der Waals surface area (Å²) in [5.41, 5.74) is 9.14. The highest BCUT2D eigenvalue weighted by Crippen LogP contribution is 2.24. The number of carbonyl (C=O) groups excluding carboxylic acids is 2. The number of hydrogen-bond acceptors (Lipinski definition) is 6. The molecule has 0 unspecified atom stereocenters. The van der Waals surface area contributed by atoms with Gasteiger partial charge in [0, 0.05) is 5.69 Å². The smallest absolute Gasteiger partial charge is 0.280 e. The molecule has 9 heteroatoms. The molecule has 2 aromatic carbocycles. The number of aryl methyl sites for hydroxylation is 2. The molecule has 0 aliphatic heterocycles. The number of nitrogen functional groups attached to an aromatic ring is 1. The maximum absolute atomic E-state index is 12.5. The Kier molecular flexibility index (Phi) is 5.77. The van der Waals surface area contributed by atoms with Gasteiger partial charge < -0.3 is 21.1 Å². The fraction of sp³-hybridized carbons (Fsp3) is 0.200. The quantitative estimate of drug-likeness (QED) is 0.590. The van der Waals surface area contributed by atoms with Gasteiger partial charge in [-0.3, -0.25) is 9.59 Å². The van der Waals surface area contributed by atoms with Crippen LogP contribution < -0.4 is 21.1 Å². The Morgan fingerprint density at radius 2 is 1.86 bits per heavy atom. The van der Waals surface area contributed by atoms with Gasteiger partial charge in [0.2, 0.25) is 5.91 Å². The Morgan fingerprint density at radius 1 is 1.10 bits per heavy atom. The second-order valence-electron chi connectivity index (χ2n) is 6.50. The lowest BCUT2D eigenvalue weighted by atomic mass is 10.1. The van der Waals surface area contributed by atoms with E-state index in [4.69, 9.17) is 10.5 Å². The van der Waals surface area contributed by atoms with Crippen molar-refractivity contribution < 1.29 is 14.3 Å². The number of anilines is 3. The molecule has 3 rings (SSSR count). The monoisotopic (exact) mass is 394 g/mol. The van der Waals surface area contributed by atoms with Crippen LogP contribution in [0.1, 0.15) is 21.6 Å². The fourth-order valence-electron chi connectivity index (χ4n) is 2.81. The number of rotatable bonds is 6. The normalized spacial score (nSPS) is 10.4. The van der Waals surface area contributed by atoms with Crippen LogP contribution in [0.3, 0.4) is 0 Å². The van der Waals surface area contributed by atoms with Gasteiger partial charge in [0.05, 0.1) is 12.8 Å². The molecule has 0 aliphatic carbocycles. The van der Waals surface area contributed by atoms with E-state index < -0.39 is 5.91 Å². The second-order valence-corrected chi connectivity index (χ2v) is 6.50. The van der Waals surface area contributed by atoms with Gasteiger partial charge in [-0.2, -0.15) is 0 Å². The summed E-state index contributed by atoms with van der Waals surface area (Å²) < 4.78 is 6.38. The van der Waals surface area contributed by atoms with Crippen LogP contribution in [-0.2, 0) is 11.3 Å². The number of amides is 2. The first-order chi connectivity index (χ1) is 13.9. The summed E-state index contributed by atoms with van der Waals surface area (Å²) in [6, 6.07) is 12.7. The Labute approximate surface area is 167 Å². The van der Waals surface area contributed by atoms with Gasteiger partial charge in [-0.1, -0.05) is 35.0 Å². The van der Waals surface area contributed by atoms with Gasteiger partial charge in [-0.25, -0.2) is 4.68 Å². The van der Waals surface area contributed by atoms with Crippen LogP contribution in [0.25, 0.3) is 0 Å². The Balaban J connectivity index is 1.70. The molecule has 0 bridgehead atoms. The van der Waals surface area contributed by atoms with Crippen LogP contribution in [0, 0.1) is 13.8 Å². The number of para-hydroxylation sites is 2. The van der Waals surface area contributed by atoms with E-state index in [-0.39, 0.29) is 24.0 Å². The third kappa shape index (κ3) is 4.52. The third-order valence-electron chi connectivity index (χ3n) is 4.29. The van der Waals surface area contributed by atoms with E-state index in [0.717, 1.165) is 11.1 Å². The zero-order chi connectivity index (χ0) is 21.0. The predicted molar refractivity (Wildman–Crippen MR) is 110 cm³/mol. The van der Waals surface area contributed by atoms with E-state index in [9.17, 15) is 9.59 Å². The number of benzene rings is 2. The number of hydrogen-bond donors (Lipinski definition) is 3. The van der Waals surface area contributed by atoms with Gasteiger partial charge >= 0.3 is 0 Å². The summed E-state index contributed by atoms with van der Waals surface area (Å²) in [4.78, 5) is 24.9. The number of nitrogens with one attached hydrogen (secondary N) is 2. The standard InChI is InChI=1S/C20H22N6O3/c1-12-8-9-14(13(2)10-12)22-17(27)11-26-19(21)18(24-25-26)20(28)23-15-6-4-5-7-16(15)29-3/h4-10H,11,21H2,1-3H3,(H,22,27)(H,23,28). The first-order valence-electron chi connectivity index (χ1n) is 8.89. The summed E-state index contributed by atoms with van der Waals surface area (Å²) in [5, 5.41) is 13.1. The number of methoxy groups -OCH3 is 1. The van der Waals surface area contributed by atoms with Gasteiger partial charge in [0.25, 0.3) is 5.91 Å². The topological polar surface area (TPSA) is 124 Å². The van der Waals surface area contributed by atoms with Crippen LogP contribution in [-0.4, -0.2) is 33.9 Å². The average Bonchev–Trinajstić information content (AvgIpc) is 3.05. The fourth-order valence-corrected chi connectivity index (χ4v) is 2.81. The Hall–Kier alpha value is -3.88. The van der Waals surface area contributed by atoms with E-state index >= 15 is 0 Å². The molecule has 9 nitrogen and oxygen atoms in total. The molecular formula is C20H22N6O3. The van der Waals surface area contributed by atoms with Crippen molar-refractivity contribution in [2.75, 3.05) is 23.5 Å². The van der Waals surface area contributed by atoms with E-state index in [0.29, 0.717) is 17.1 Å². The molecule has 1 heterocycles. The van der Waals surface area contributed by atoms with Crippen molar-refractivity contribution in [2.24, 2.45) is 0 Å². The minimum Gasteiger partial charge on any atom is -0.495 e. The first-order valence-corrected chi connectivity index (χ1v) is 8.89. The lowest BCUT2D eigenvalue weighted by molar-refractivity contribution is -0.116. The number of carbonyl (C=O) groups is 2. The molecule has 2 amide bonds. The molecule has 1 aromatic heterocycles. The maximum atomic E-state index is 12.5. The zero-order valence-corrected chi connectivity index (χ0v) is 16.4. The average molecular weight is 394 g/mol. The maximum Gasteiger partial charge on any atom is 0.280 e. The van der Waals surface area contributed by atoms with Crippen molar-refractivity contribution in [2.45, 2.75) is 20.4 Å². The molecule has 0 saturated heterocycles. The Morgan fingerprint density at radius 3 is 2.59 bits per heavy atom. The number of ether oxygens (including phenoxy) is 1. The van der Waals surface area contributed by atoms with Crippen molar-refractivity contribution >= 4 is 29.0 Å². The highest BCUT2D eigenvalue weighted by Gasteiger charge is 2.20. The van der Waals surface area contributed by atoms with E-state index in [1.807, 2.05) is 32.0 Å². The molecular weight excluding hydrogens is 372 g/mol. The molecule has 29 heavy (non-hydrogen) atoms. The lowest BCUT2D eigenvalue weighted by Gasteiger charge is -2.10. The molecule has 0 aliphatic rings. The minimum absolute atomic E-state index is 0.00632. The van der Waals surface area contributed by atoms with E-state index in [1.54, 1.807) is 24.3 Å². The van der Waals surface area contributed by atoms with Gasteiger partial charge in [-0.15, -0.1) is 5.10 Å². The lowest BCUT2D eigenvalue weighted by Crippen LogP contribution is -2.22. The number of aromatic nitrogens is 3. The summed E-state index contributed by atoms with van der Waals surface area (Å²) in [5.74, 6) is -0.383. The van der Waals surface area contributed by atoms with Gasteiger partial charge in [-0.05, 0) is 37.6 Å². The van der Waals surface area contributed by atoms with E-state index in [1.165, 1.54) is 11.8 Å². The second kappa shape index (κ2) is 8.42. The molecule has 0 spiro atoms. The van der Waals surface area contributed by atoms with Crippen LogP contribution in [0.2, 0.25) is 0 Å². The van der Waals surface area contributed by atoms with Crippen LogP contribution in [0.15, 0.2) is 42.5 Å². The van der Waals surface area contributed by atoms with Crippen LogP contribution >= 0.6 is 0 Å². The third-order valence-corrected chi connectivity index (χ3v) is 4.29. The molecule has 4 N–H and O–H groups in total. The zero-order valence-electron chi connectivity index (χ0n) is 16.4. The van der Waals surface area contributed by atoms with Crippen LogP contribution in [0.4, 0.5) is 17.2 Å². The number of nitrogens with zero attached hydrogens (tertiary/aromatic N) is 3. The Bertz CT molecular complexity index is 1060. The van der Waals surface area contributed by atoms with Crippen LogP contribution in [0.5, 0.6) is 5.75 Å². The van der Waals surface area contributed by atoms with Gasteiger partial charge in [0.15, 0.2) is 11.5 Å². The SMILES string of the molecule is COc1ccccc1NC(=O)c1nnn(CC(=O)Nc2ccc(C)cc2C)c1N. The summed E-state index contributed by atoms with van der Waals surface area (Å²) in [6.45, 7) is 3.72.